The van der Waals surface area contributed by atoms with E-state index >= 15 is 0 Å². The Morgan fingerprint density at radius 2 is 1.86 bits per heavy atom. The van der Waals surface area contributed by atoms with Gasteiger partial charge in [0.05, 0.1) is 5.56 Å². The normalized spacial score (nSPS) is 15.3. The third-order valence-corrected chi connectivity index (χ3v) is 3.83. The van der Waals surface area contributed by atoms with Crippen LogP contribution in [0, 0.1) is 11.6 Å². The summed E-state index contributed by atoms with van der Waals surface area (Å²) in [7, 11) is 1.97. The molecule has 0 spiro atoms. The van der Waals surface area contributed by atoms with E-state index in [2.05, 4.69) is 4.90 Å². The van der Waals surface area contributed by atoms with E-state index in [0.717, 1.165) is 29.4 Å². The molecule has 0 fully saturated rings. The Bertz CT molecular complexity index is 718. The van der Waals surface area contributed by atoms with E-state index in [1.807, 2.05) is 31.3 Å². The SMILES string of the molecule is CN1CCN(C(=O)c2cc(F)ccc2F)c2ccccc2C1. The second-order valence-electron chi connectivity index (χ2n) is 5.45. The second kappa shape index (κ2) is 5.85. The van der Waals surface area contributed by atoms with E-state index in [1.165, 1.54) is 4.90 Å². The first-order valence-electron chi connectivity index (χ1n) is 7.09. The van der Waals surface area contributed by atoms with Crippen molar-refractivity contribution in [2.75, 3.05) is 25.0 Å². The Morgan fingerprint density at radius 3 is 2.68 bits per heavy atom. The second-order valence-corrected chi connectivity index (χ2v) is 5.45. The first-order valence-corrected chi connectivity index (χ1v) is 7.09. The van der Waals surface area contributed by atoms with E-state index in [1.54, 1.807) is 0 Å². The van der Waals surface area contributed by atoms with Crippen molar-refractivity contribution in [3.8, 4) is 0 Å². The molecular formula is C17H16F2N2O. The third kappa shape index (κ3) is 2.72. The molecule has 2 aromatic carbocycles. The van der Waals surface area contributed by atoms with Crippen LogP contribution in [0.5, 0.6) is 0 Å². The number of fused-ring (bicyclic) bond motifs is 1. The summed E-state index contributed by atoms with van der Waals surface area (Å²) in [6, 6.07) is 10.5. The highest BCUT2D eigenvalue weighted by Gasteiger charge is 2.25. The fourth-order valence-electron chi connectivity index (χ4n) is 2.69. The van der Waals surface area contributed by atoms with Gasteiger partial charge in [0.25, 0.3) is 5.91 Å². The molecule has 22 heavy (non-hydrogen) atoms. The molecule has 0 N–H and O–H groups in total. The summed E-state index contributed by atoms with van der Waals surface area (Å²) < 4.78 is 27.3. The molecular weight excluding hydrogens is 286 g/mol. The zero-order valence-corrected chi connectivity index (χ0v) is 12.2. The predicted octanol–water partition coefficient (Wildman–Crippen LogP) is 3.06. The lowest BCUT2D eigenvalue weighted by atomic mass is 10.1. The van der Waals surface area contributed by atoms with Crippen LogP contribution in [-0.4, -0.2) is 30.9 Å². The summed E-state index contributed by atoms with van der Waals surface area (Å²) in [6.45, 7) is 1.81. The molecule has 0 atom stereocenters. The standard InChI is InChI=1S/C17H16F2N2O/c1-20-8-9-21(16-5-3-2-4-12(16)11-20)17(22)14-10-13(18)6-7-15(14)19/h2-7,10H,8-9,11H2,1H3. The summed E-state index contributed by atoms with van der Waals surface area (Å²) in [4.78, 5) is 16.3. The number of carbonyl (C=O) groups excluding carboxylic acids is 1. The minimum atomic E-state index is -0.707. The topological polar surface area (TPSA) is 23.6 Å². The average molecular weight is 302 g/mol. The van der Waals surface area contributed by atoms with Crippen LogP contribution in [0.25, 0.3) is 0 Å². The zero-order chi connectivity index (χ0) is 15.7. The van der Waals surface area contributed by atoms with Crippen molar-refractivity contribution in [3.05, 3.63) is 65.2 Å². The summed E-state index contributed by atoms with van der Waals surface area (Å²) >= 11 is 0. The van der Waals surface area contributed by atoms with Gasteiger partial charge in [-0.2, -0.15) is 0 Å². The van der Waals surface area contributed by atoms with Crippen LogP contribution < -0.4 is 4.90 Å². The Labute approximate surface area is 127 Å². The highest BCUT2D eigenvalue weighted by atomic mass is 19.1. The molecule has 5 heteroatoms. The zero-order valence-electron chi connectivity index (χ0n) is 12.2. The molecule has 3 rings (SSSR count). The molecule has 114 valence electrons. The number of nitrogens with zero attached hydrogens (tertiary/aromatic N) is 2. The van der Waals surface area contributed by atoms with Crippen LogP contribution in [-0.2, 0) is 6.54 Å². The van der Waals surface area contributed by atoms with Crippen molar-refractivity contribution < 1.29 is 13.6 Å². The molecule has 0 saturated carbocycles. The molecule has 0 saturated heterocycles. The van der Waals surface area contributed by atoms with Gasteiger partial charge in [-0.3, -0.25) is 4.79 Å². The van der Waals surface area contributed by atoms with E-state index in [0.29, 0.717) is 19.6 Å². The molecule has 3 nitrogen and oxygen atoms in total. The molecule has 0 aromatic heterocycles. The van der Waals surface area contributed by atoms with Gasteiger partial charge in [-0.1, -0.05) is 18.2 Å². The van der Waals surface area contributed by atoms with Crippen molar-refractivity contribution in [3.63, 3.8) is 0 Å². The third-order valence-electron chi connectivity index (χ3n) is 3.83. The van der Waals surface area contributed by atoms with Gasteiger partial charge in [0.2, 0.25) is 0 Å². The largest absolute Gasteiger partial charge is 0.307 e. The van der Waals surface area contributed by atoms with Crippen molar-refractivity contribution >= 4 is 11.6 Å². The van der Waals surface area contributed by atoms with E-state index in [9.17, 15) is 13.6 Å². The molecule has 2 aromatic rings. The molecule has 1 amide bonds. The van der Waals surface area contributed by atoms with Gasteiger partial charge in [0.1, 0.15) is 11.6 Å². The average Bonchev–Trinajstić information content (AvgIpc) is 2.67. The number of hydrogen-bond acceptors (Lipinski definition) is 2. The summed E-state index contributed by atoms with van der Waals surface area (Å²) in [5.74, 6) is -1.84. The van der Waals surface area contributed by atoms with Crippen LogP contribution in [0.4, 0.5) is 14.5 Å². The maximum absolute atomic E-state index is 13.9. The molecule has 0 bridgehead atoms. The van der Waals surface area contributed by atoms with Crippen LogP contribution >= 0.6 is 0 Å². The van der Waals surface area contributed by atoms with Crippen molar-refractivity contribution in [2.45, 2.75) is 6.54 Å². The molecule has 1 heterocycles. The minimum absolute atomic E-state index is 0.237. The highest BCUT2D eigenvalue weighted by molar-refractivity contribution is 6.06. The number of anilines is 1. The Balaban J connectivity index is 2.04. The van der Waals surface area contributed by atoms with Crippen molar-refractivity contribution in [2.24, 2.45) is 0 Å². The van der Waals surface area contributed by atoms with Crippen LogP contribution in [0.15, 0.2) is 42.5 Å². The van der Waals surface area contributed by atoms with Gasteiger partial charge in [0, 0.05) is 25.3 Å². The smallest absolute Gasteiger partial charge is 0.261 e. The number of rotatable bonds is 1. The molecule has 1 aliphatic rings. The Hall–Kier alpha value is -2.27. The number of amides is 1. The lowest BCUT2D eigenvalue weighted by Crippen LogP contribution is -2.35. The van der Waals surface area contributed by atoms with E-state index in [4.69, 9.17) is 0 Å². The van der Waals surface area contributed by atoms with Gasteiger partial charge >= 0.3 is 0 Å². The summed E-state index contributed by atoms with van der Waals surface area (Å²) in [6.07, 6.45) is 0. The monoisotopic (exact) mass is 302 g/mol. The number of likely N-dealkylation sites (N-methyl/N-ethyl adjacent to an activating group) is 1. The minimum Gasteiger partial charge on any atom is -0.307 e. The van der Waals surface area contributed by atoms with Crippen LogP contribution in [0.3, 0.4) is 0 Å². The quantitative estimate of drug-likeness (QED) is 0.808. The molecule has 1 aliphatic heterocycles. The van der Waals surface area contributed by atoms with E-state index < -0.39 is 17.5 Å². The lowest BCUT2D eigenvalue weighted by molar-refractivity contribution is 0.0981. The highest BCUT2D eigenvalue weighted by Crippen LogP contribution is 2.26. The van der Waals surface area contributed by atoms with Gasteiger partial charge in [0.15, 0.2) is 0 Å². The number of halogens is 2. The summed E-state index contributed by atoms with van der Waals surface area (Å²) in [5, 5.41) is 0. The number of carbonyl (C=O) groups is 1. The van der Waals surface area contributed by atoms with Crippen LogP contribution in [0.2, 0.25) is 0 Å². The molecule has 0 aliphatic carbocycles. The van der Waals surface area contributed by atoms with Gasteiger partial charge < -0.3 is 9.80 Å². The number of para-hydroxylation sites is 1. The number of hydrogen-bond donors (Lipinski definition) is 0. The first-order chi connectivity index (χ1) is 10.6. The van der Waals surface area contributed by atoms with Gasteiger partial charge in [-0.05, 0) is 36.9 Å². The maximum Gasteiger partial charge on any atom is 0.261 e. The molecule has 0 radical (unpaired) electrons. The predicted molar refractivity (Wildman–Crippen MR) is 80.8 cm³/mol. The van der Waals surface area contributed by atoms with Gasteiger partial charge in [-0.15, -0.1) is 0 Å². The maximum atomic E-state index is 13.9. The fourth-order valence-corrected chi connectivity index (χ4v) is 2.69. The summed E-state index contributed by atoms with van der Waals surface area (Å²) in [5.41, 5.74) is 1.51. The van der Waals surface area contributed by atoms with Crippen LogP contribution in [0.1, 0.15) is 15.9 Å². The van der Waals surface area contributed by atoms with Gasteiger partial charge in [-0.25, -0.2) is 8.78 Å². The van der Waals surface area contributed by atoms with E-state index in [-0.39, 0.29) is 5.56 Å². The number of benzene rings is 2. The lowest BCUT2D eigenvalue weighted by Gasteiger charge is -2.23. The Kier molecular flexibility index (Phi) is 3.90. The Morgan fingerprint density at radius 1 is 1.09 bits per heavy atom. The fraction of sp³-hybridized carbons (Fsp3) is 0.235. The van der Waals surface area contributed by atoms with Crippen molar-refractivity contribution in [1.82, 2.24) is 4.90 Å². The van der Waals surface area contributed by atoms with Crippen molar-refractivity contribution in [1.29, 1.82) is 0 Å². The molecule has 0 unspecified atom stereocenters. The first kappa shape index (κ1) is 14.7.